The largest absolute Gasteiger partial charge is 0.368 e. The first-order valence-corrected chi connectivity index (χ1v) is 18.1. The lowest BCUT2D eigenvalue weighted by molar-refractivity contribution is -0.135. The molecule has 0 aliphatic heterocycles. The van der Waals surface area contributed by atoms with Gasteiger partial charge in [-0.05, 0) is 40.5 Å². The number of hydrogen-bond donors (Lipinski definition) is 5. The van der Waals surface area contributed by atoms with Gasteiger partial charge < -0.3 is 27.0 Å². The average Bonchev–Trinajstić information content (AvgIpc) is 3.14. The van der Waals surface area contributed by atoms with Gasteiger partial charge in [-0.1, -0.05) is 149 Å². The van der Waals surface area contributed by atoms with Crippen LogP contribution in [0.15, 0.2) is 121 Å². The molecule has 0 heterocycles. The van der Waals surface area contributed by atoms with Crippen molar-refractivity contribution in [3.63, 3.8) is 0 Å². The van der Waals surface area contributed by atoms with Gasteiger partial charge in [-0.25, -0.2) is 0 Å². The van der Waals surface area contributed by atoms with E-state index in [1.807, 2.05) is 135 Å². The van der Waals surface area contributed by atoms with E-state index in [4.69, 9.17) is 5.73 Å². The summed E-state index contributed by atoms with van der Waals surface area (Å²) in [5, 5.41) is 11.4. The molecule has 4 aromatic rings. The molecule has 0 aromatic heterocycles. The Labute approximate surface area is 312 Å². The first-order valence-electron chi connectivity index (χ1n) is 18.1. The lowest BCUT2D eigenvalue weighted by Crippen LogP contribution is -2.60. The van der Waals surface area contributed by atoms with Crippen molar-refractivity contribution in [3.05, 3.63) is 144 Å². The molecule has 5 amide bonds. The standard InChI is InChI=1S/C43H51N5O5/c1-28(2)25-35(46-42(52)37(32-21-13-7-14-22-32)33-23-15-8-16-24-33)41(51)48-38(29(3)4)43(53)47-36(27-31-19-11-6-12-20-31)40(50)45-34(39(44)49)26-30-17-9-5-10-18-30/h5-24,28-29,34-38H,25-27H2,1-4H3,(H2,44,49)(H,45,50)(H,46,52)(H,47,53)(H,48,51)/t34-,35-,36-,38-/m1/s1. The van der Waals surface area contributed by atoms with Crippen LogP contribution in [0.4, 0.5) is 0 Å². The van der Waals surface area contributed by atoms with Crippen LogP contribution in [0.5, 0.6) is 0 Å². The minimum absolute atomic E-state index is 0.0392. The fraction of sp³-hybridized carbons (Fsp3) is 0.326. The molecule has 0 saturated carbocycles. The van der Waals surface area contributed by atoms with Crippen LogP contribution in [0.2, 0.25) is 0 Å². The highest BCUT2D eigenvalue weighted by atomic mass is 16.2. The van der Waals surface area contributed by atoms with Crippen LogP contribution >= 0.6 is 0 Å². The minimum Gasteiger partial charge on any atom is -0.368 e. The van der Waals surface area contributed by atoms with E-state index >= 15 is 0 Å². The van der Waals surface area contributed by atoms with E-state index in [1.165, 1.54) is 0 Å². The molecule has 0 aliphatic carbocycles. The third-order valence-corrected chi connectivity index (χ3v) is 8.97. The summed E-state index contributed by atoms with van der Waals surface area (Å²) in [6.45, 7) is 7.48. The number of primary amides is 1. The van der Waals surface area contributed by atoms with Crippen molar-refractivity contribution in [1.82, 2.24) is 21.3 Å². The van der Waals surface area contributed by atoms with Crippen LogP contribution < -0.4 is 27.0 Å². The average molecular weight is 718 g/mol. The van der Waals surface area contributed by atoms with Crippen molar-refractivity contribution in [2.45, 2.75) is 77.0 Å². The normalized spacial score (nSPS) is 13.4. The molecule has 0 bridgehead atoms. The van der Waals surface area contributed by atoms with Gasteiger partial charge in [0.25, 0.3) is 0 Å². The third-order valence-electron chi connectivity index (χ3n) is 8.97. The van der Waals surface area contributed by atoms with Crippen LogP contribution in [0.25, 0.3) is 0 Å². The second kappa shape index (κ2) is 19.7. The van der Waals surface area contributed by atoms with Gasteiger partial charge in [0.15, 0.2) is 0 Å². The molecule has 0 fully saturated rings. The van der Waals surface area contributed by atoms with Crippen LogP contribution in [-0.2, 0) is 36.8 Å². The summed E-state index contributed by atoms with van der Waals surface area (Å²) >= 11 is 0. The Kier molecular flexibility index (Phi) is 14.9. The number of benzene rings is 4. The number of amides is 5. The Morgan fingerprint density at radius 1 is 0.491 bits per heavy atom. The molecule has 4 atom stereocenters. The molecular weight excluding hydrogens is 667 g/mol. The monoisotopic (exact) mass is 717 g/mol. The maximum Gasteiger partial charge on any atom is 0.243 e. The Balaban J connectivity index is 1.54. The molecule has 4 rings (SSSR count). The van der Waals surface area contributed by atoms with Crippen LogP contribution in [0.3, 0.4) is 0 Å². The topological polar surface area (TPSA) is 159 Å². The summed E-state index contributed by atoms with van der Waals surface area (Å²) in [7, 11) is 0. The van der Waals surface area contributed by atoms with E-state index in [9.17, 15) is 24.0 Å². The Morgan fingerprint density at radius 2 is 0.887 bits per heavy atom. The summed E-state index contributed by atoms with van der Waals surface area (Å²) < 4.78 is 0. The molecular formula is C43H51N5O5. The molecule has 278 valence electrons. The Bertz CT molecular complexity index is 1750. The van der Waals surface area contributed by atoms with Crippen molar-refractivity contribution in [1.29, 1.82) is 0 Å². The second-order valence-electron chi connectivity index (χ2n) is 14.1. The van der Waals surface area contributed by atoms with Gasteiger partial charge in [0.05, 0.1) is 5.92 Å². The highest BCUT2D eigenvalue weighted by Crippen LogP contribution is 2.25. The van der Waals surface area contributed by atoms with Crippen molar-refractivity contribution >= 4 is 29.5 Å². The van der Waals surface area contributed by atoms with Crippen molar-refractivity contribution < 1.29 is 24.0 Å². The quantitative estimate of drug-likeness (QED) is 0.103. The molecule has 10 nitrogen and oxygen atoms in total. The molecule has 6 N–H and O–H groups in total. The fourth-order valence-corrected chi connectivity index (χ4v) is 6.20. The van der Waals surface area contributed by atoms with E-state index in [0.29, 0.717) is 6.42 Å². The van der Waals surface area contributed by atoms with Gasteiger partial charge in [-0.2, -0.15) is 0 Å². The molecule has 0 spiro atoms. The van der Waals surface area contributed by atoms with Gasteiger partial charge in [-0.3, -0.25) is 24.0 Å². The zero-order valence-corrected chi connectivity index (χ0v) is 30.8. The molecule has 0 unspecified atom stereocenters. The summed E-state index contributed by atoms with van der Waals surface area (Å²) in [6, 6.07) is 33.0. The molecule has 0 aliphatic rings. The van der Waals surface area contributed by atoms with E-state index < -0.39 is 53.7 Å². The molecule has 53 heavy (non-hydrogen) atoms. The highest BCUT2D eigenvalue weighted by Gasteiger charge is 2.34. The first kappa shape index (κ1) is 40.0. The third kappa shape index (κ3) is 12.2. The van der Waals surface area contributed by atoms with Gasteiger partial charge in [0.1, 0.15) is 24.2 Å². The van der Waals surface area contributed by atoms with Crippen molar-refractivity contribution in [2.24, 2.45) is 17.6 Å². The summed E-state index contributed by atoms with van der Waals surface area (Å²) in [4.78, 5) is 68.2. The van der Waals surface area contributed by atoms with Crippen molar-refractivity contribution in [2.75, 3.05) is 0 Å². The molecule has 0 radical (unpaired) electrons. The smallest absolute Gasteiger partial charge is 0.243 e. The first-order chi connectivity index (χ1) is 25.4. The summed E-state index contributed by atoms with van der Waals surface area (Å²) in [5.74, 6) is -3.73. The predicted octanol–water partition coefficient (Wildman–Crippen LogP) is 4.43. The van der Waals surface area contributed by atoms with E-state index in [0.717, 1.165) is 22.3 Å². The fourth-order valence-electron chi connectivity index (χ4n) is 6.20. The molecule has 10 heteroatoms. The lowest BCUT2D eigenvalue weighted by Gasteiger charge is -2.29. The zero-order chi connectivity index (χ0) is 38.3. The molecule has 0 saturated heterocycles. The summed E-state index contributed by atoms with van der Waals surface area (Å²) in [5.41, 5.74) is 8.85. The van der Waals surface area contributed by atoms with Crippen LogP contribution in [0, 0.1) is 11.8 Å². The SMILES string of the molecule is CC(C)C[C@@H](NC(=O)C(c1ccccc1)c1ccccc1)C(=O)N[C@@H](C(=O)N[C@H](Cc1ccccc1)C(=O)N[C@H](Cc1ccccc1)C(N)=O)C(C)C. The van der Waals surface area contributed by atoms with E-state index in [1.54, 1.807) is 13.8 Å². The number of nitrogens with one attached hydrogen (secondary N) is 4. The summed E-state index contributed by atoms with van der Waals surface area (Å²) in [6.07, 6.45) is 0.632. The van der Waals surface area contributed by atoms with Crippen molar-refractivity contribution in [3.8, 4) is 0 Å². The lowest BCUT2D eigenvalue weighted by atomic mass is 9.90. The Hall–Kier alpha value is -5.77. The highest BCUT2D eigenvalue weighted by molar-refractivity contribution is 5.96. The molecule has 4 aromatic carbocycles. The van der Waals surface area contributed by atoms with Crippen LogP contribution in [-0.4, -0.2) is 53.7 Å². The van der Waals surface area contributed by atoms with Gasteiger partial charge in [0, 0.05) is 12.8 Å². The predicted molar refractivity (Wildman–Crippen MR) is 206 cm³/mol. The maximum absolute atomic E-state index is 14.0. The minimum atomic E-state index is -1.09. The Morgan fingerprint density at radius 3 is 1.32 bits per heavy atom. The van der Waals surface area contributed by atoms with Gasteiger partial charge in [0.2, 0.25) is 29.5 Å². The number of rotatable bonds is 18. The number of carbonyl (C=O) groups excluding carboxylic acids is 5. The zero-order valence-electron chi connectivity index (χ0n) is 30.8. The van der Waals surface area contributed by atoms with E-state index in [2.05, 4.69) is 21.3 Å². The maximum atomic E-state index is 14.0. The van der Waals surface area contributed by atoms with Crippen LogP contribution in [0.1, 0.15) is 62.3 Å². The number of hydrogen-bond acceptors (Lipinski definition) is 5. The van der Waals surface area contributed by atoms with Gasteiger partial charge >= 0.3 is 0 Å². The van der Waals surface area contributed by atoms with Gasteiger partial charge in [-0.15, -0.1) is 0 Å². The van der Waals surface area contributed by atoms with E-state index in [-0.39, 0.29) is 30.6 Å². The number of nitrogens with two attached hydrogens (primary N) is 1. The second-order valence-corrected chi connectivity index (χ2v) is 14.1. The number of carbonyl (C=O) groups is 5.